The van der Waals surface area contributed by atoms with Crippen LogP contribution in [0.2, 0.25) is 0 Å². The number of hydrogen-bond acceptors (Lipinski definition) is 6. The maximum Gasteiger partial charge on any atom is 0.288 e. The number of aromatic nitrogens is 3. The first-order chi connectivity index (χ1) is 12.3. The van der Waals surface area contributed by atoms with Gasteiger partial charge in [0.1, 0.15) is 11.5 Å². The highest BCUT2D eigenvalue weighted by Gasteiger charge is 2.22. The number of nitrogen functional groups attached to an aromatic ring is 1. The molecular weight excluding hydrogens is 363 g/mol. The van der Waals surface area contributed by atoms with Crippen LogP contribution >= 0.6 is 0 Å². The average Bonchev–Trinajstić information content (AvgIpc) is 3.06. The van der Waals surface area contributed by atoms with Crippen molar-refractivity contribution >= 4 is 15.9 Å². The van der Waals surface area contributed by atoms with Gasteiger partial charge in [0, 0.05) is 5.56 Å². The summed E-state index contributed by atoms with van der Waals surface area (Å²) in [6.45, 7) is 0. The Labute approximate surface area is 147 Å². The molecule has 1 amide bonds. The van der Waals surface area contributed by atoms with Gasteiger partial charge in [-0.15, -0.1) is 5.10 Å². The van der Waals surface area contributed by atoms with E-state index in [1.807, 2.05) is 5.43 Å². The number of nitrogens with one attached hydrogen (secondary N) is 1. The summed E-state index contributed by atoms with van der Waals surface area (Å²) in [5.41, 5.74) is 3.04. The highest BCUT2D eigenvalue weighted by Crippen LogP contribution is 2.26. The van der Waals surface area contributed by atoms with Crippen LogP contribution in [0.1, 0.15) is 10.5 Å². The molecule has 0 saturated carbocycles. The van der Waals surface area contributed by atoms with Crippen molar-refractivity contribution in [1.82, 2.24) is 20.4 Å². The molecule has 0 atom stereocenters. The van der Waals surface area contributed by atoms with Crippen LogP contribution in [0.5, 0.6) is 0 Å². The highest BCUT2D eigenvalue weighted by molar-refractivity contribution is 7.89. The van der Waals surface area contributed by atoms with Gasteiger partial charge in [-0.2, -0.15) is 0 Å². The van der Waals surface area contributed by atoms with E-state index >= 15 is 0 Å². The first kappa shape index (κ1) is 17.7. The lowest BCUT2D eigenvalue weighted by Crippen LogP contribution is -2.30. The van der Waals surface area contributed by atoms with Gasteiger partial charge in [-0.1, -0.05) is 5.21 Å². The molecule has 3 aromatic rings. The third-order valence-corrected chi connectivity index (χ3v) is 4.47. The fourth-order valence-corrected chi connectivity index (χ4v) is 2.84. The lowest BCUT2D eigenvalue weighted by atomic mass is 10.1. The summed E-state index contributed by atoms with van der Waals surface area (Å²) < 4.78 is 37.3. The van der Waals surface area contributed by atoms with Crippen molar-refractivity contribution in [2.24, 2.45) is 11.0 Å². The Morgan fingerprint density at radius 2 is 1.69 bits per heavy atom. The van der Waals surface area contributed by atoms with Crippen LogP contribution in [0.25, 0.3) is 16.9 Å². The molecule has 1 aromatic heterocycles. The van der Waals surface area contributed by atoms with E-state index in [0.29, 0.717) is 11.3 Å². The largest absolute Gasteiger partial charge is 0.289 e. The molecule has 9 nitrogen and oxygen atoms in total. The maximum absolute atomic E-state index is 13.2. The van der Waals surface area contributed by atoms with E-state index in [1.165, 1.54) is 53.2 Å². The average molecular weight is 376 g/mol. The van der Waals surface area contributed by atoms with Crippen molar-refractivity contribution in [2.75, 3.05) is 0 Å². The van der Waals surface area contributed by atoms with Crippen LogP contribution < -0.4 is 16.4 Å². The minimum Gasteiger partial charge on any atom is -0.289 e. The van der Waals surface area contributed by atoms with Gasteiger partial charge in [-0.25, -0.2) is 28.5 Å². The minimum absolute atomic E-state index is 0.0744. The minimum atomic E-state index is -3.85. The summed E-state index contributed by atoms with van der Waals surface area (Å²) in [5, 5.41) is 12.8. The number of rotatable bonds is 4. The van der Waals surface area contributed by atoms with Gasteiger partial charge < -0.3 is 0 Å². The van der Waals surface area contributed by atoms with Crippen LogP contribution in [0.4, 0.5) is 4.39 Å². The Bertz CT molecular complexity index is 1060. The molecule has 0 unspecified atom stereocenters. The van der Waals surface area contributed by atoms with E-state index in [-0.39, 0.29) is 16.3 Å². The second kappa shape index (κ2) is 6.63. The third kappa shape index (κ3) is 3.31. The monoisotopic (exact) mass is 376 g/mol. The zero-order valence-corrected chi connectivity index (χ0v) is 13.9. The van der Waals surface area contributed by atoms with Crippen molar-refractivity contribution in [3.8, 4) is 16.9 Å². The van der Waals surface area contributed by atoms with Gasteiger partial charge in [0.05, 0.1) is 10.6 Å². The van der Waals surface area contributed by atoms with E-state index < -0.39 is 21.7 Å². The zero-order valence-electron chi connectivity index (χ0n) is 13.1. The number of primary sulfonamides is 1. The van der Waals surface area contributed by atoms with E-state index in [2.05, 4.69) is 10.3 Å². The van der Waals surface area contributed by atoms with E-state index in [0.717, 1.165) is 0 Å². The quantitative estimate of drug-likeness (QED) is 0.340. The molecule has 0 aliphatic rings. The number of nitrogens with two attached hydrogens (primary N) is 2. The Hall–Kier alpha value is -3.15. The summed E-state index contributed by atoms with van der Waals surface area (Å²) >= 11 is 0. The first-order valence-corrected chi connectivity index (χ1v) is 8.71. The molecule has 1 heterocycles. The Balaban J connectivity index is 2.17. The van der Waals surface area contributed by atoms with Crippen molar-refractivity contribution in [2.45, 2.75) is 4.90 Å². The number of hydrogen-bond donors (Lipinski definition) is 3. The van der Waals surface area contributed by atoms with Gasteiger partial charge in [0.2, 0.25) is 10.0 Å². The number of amides is 1. The standard InChI is InChI=1S/C15H13FN6O3S/c16-10-3-1-9(2-4-10)14-13(15(23)19-17)20-21-22(14)11-5-7-12(8-6-11)26(18,24)25/h1-8H,17H2,(H,19,23)(H2,18,24,25). The molecule has 134 valence electrons. The first-order valence-electron chi connectivity index (χ1n) is 7.17. The molecular formula is C15H13FN6O3S. The van der Waals surface area contributed by atoms with Crippen molar-refractivity contribution in [3.05, 3.63) is 60.0 Å². The molecule has 0 fully saturated rings. The number of benzene rings is 2. The highest BCUT2D eigenvalue weighted by atomic mass is 32.2. The molecule has 3 rings (SSSR count). The normalized spacial score (nSPS) is 11.3. The van der Waals surface area contributed by atoms with Crippen molar-refractivity contribution in [3.63, 3.8) is 0 Å². The summed E-state index contributed by atoms with van der Waals surface area (Å²) in [7, 11) is -3.85. The number of nitrogens with zero attached hydrogens (tertiary/aromatic N) is 3. The predicted molar refractivity (Wildman–Crippen MR) is 89.8 cm³/mol. The maximum atomic E-state index is 13.2. The SMILES string of the molecule is NNC(=O)c1nnn(-c2ccc(S(N)(=O)=O)cc2)c1-c1ccc(F)cc1. The Kier molecular flexibility index (Phi) is 4.50. The van der Waals surface area contributed by atoms with E-state index in [9.17, 15) is 17.6 Å². The second-order valence-electron chi connectivity index (χ2n) is 5.22. The van der Waals surface area contributed by atoms with Gasteiger partial charge in [-0.3, -0.25) is 10.2 Å². The summed E-state index contributed by atoms with van der Waals surface area (Å²) in [4.78, 5) is 11.9. The van der Waals surface area contributed by atoms with Gasteiger partial charge >= 0.3 is 0 Å². The molecule has 5 N–H and O–H groups in total. The molecule has 0 saturated heterocycles. The van der Waals surface area contributed by atoms with Crippen LogP contribution in [-0.4, -0.2) is 29.3 Å². The van der Waals surface area contributed by atoms with Crippen LogP contribution in [-0.2, 0) is 10.0 Å². The van der Waals surface area contributed by atoms with E-state index in [1.54, 1.807) is 0 Å². The molecule has 0 aliphatic carbocycles. The third-order valence-electron chi connectivity index (χ3n) is 3.54. The Morgan fingerprint density at radius 1 is 1.08 bits per heavy atom. The van der Waals surface area contributed by atoms with E-state index in [4.69, 9.17) is 11.0 Å². The zero-order chi connectivity index (χ0) is 18.9. The smallest absolute Gasteiger partial charge is 0.288 e. The number of hydrazine groups is 1. The number of carbonyl (C=O) groups excluding carboxylic acids is 1. The fourth-order valence-electron chi connectivity index (χ4n) is 2.33. The van der Waals surface area contributed by atoms with Crippen molar-refractivity contribution in [1.29, 1.82) is 0 Å². The molecule has 0 radical (unpaired) electrons. The van der Waals surface area contributed by atoms with Gasteiger partial charge in [0.25, 0.3) is 5.91 Å². The topological polar surface area (TPSA) is 146 Å². The summed E-state index contributed by atoms with van der Waals surface area (Å²) in [6, 6.07) is 10.8. The molecule has 0 aliphatic heterocycles. The predicted octanol–water partition coefficient (Wildman–Crippen LogP) is 0.324. The van der Waals surface area contributed by atoms with Crippen LogP contribution in [0.15, 0.2) is 53.4 Å². The van der Waals surface area contributed by atoms with Gasteiger partial charge in [0.15, 0.2) is 5.69 Å². The van der Waals surface area contributed by atoms with Crippen LogP contribution in [0, 0.1) is 5.82 Å². The molecule has 11 heteroatoms. The summed E-state index contributed by atoms with van der Waals surface area (Å²) in [6.07, 6.45) is 0. The lowest BCUT2D eigenvalue weighted by Gasteiger charge is -2.09. The molecule has 2 aromatic carbocycles. The number of sulfonamides is 1. The fraction of sp³-hybridized carbons (Fsp3) is 0. The lowest BCUT2D eigenvalue weighted by molar-refractivity contribution is 0.0949. The molecule has 0 spiro atoms. The number of halogens is 1. The molecule has 26 heavy (non-hydrogen) atoms. The van der Waals surface area contributed by atoms with Gasteiger partial charge in [-0.05, 0) is 48.5 Å². The number of carbonyl (C=O) groups is 1. The molecule has 0 bridgehead atoms. The Morgan fingerprint density at radius 3 is 2.23 bits per heavy atom. The summed E-state index contributed by atoms with van der Waals surface area (Å²) in [5.74, 6) is 4.04. The van der Waals surface area contributed by atoms with Crippen molar-refractivity contribution < 1.29 is 17.6 Å². The second-order valence-corrected chi connectivity index (χ2v) is 6.78. The van der Waals surface area contributed by atoms with Crippen LogP contribution in [0.3, 0.4) is 0 Å².